The van der Waals surface area contributed by atoms with E-state index in [1.807, 2.05) is 43.3 Å². The summed E-state index contributed by atoms with van der Waals surface area (Å²) < 4.78 is 10.6. The van der Waals surface area contributed by atoms with Crippen LogP contribution >= 0.6 is 0 Å². The number of allylic oxidation sites excluding steroid dienone is 1. The van der Waals surface area contributed by atoms with E-state index in [0.717, 1.165) is 24.8 Å². The van der Waals surface area contributed by atoms with Gasteiger partial charge in [0.05, 0.1) is 6.61 Å². The summed E-state index contributed by atoms with van der Waals surface area (Å²) in [5.74, 6) is -0.0995. The molecule has 1 aromatic carbocycles. The number of carbonyl (C=O) groups is 2. The molecule has 1 amide bonds. The van der Waals surface area contributed by atoms with Crippen LogP contribution in [0.15, 0.2) is 42.5 Å². The van der Waals surface area contributed by atoms with E-state index in [2.05, 4.69) is 11.4 Å². The van der Waals surface area contributed by atoms with Crippen molar-refractivity contribution in [2.24, 2.45) is 5.92 Å². The molecule has 5 nitrogen and oxygen atoms in total. The standard InChI is InChI=1S/C19H25NO4/c1-2-8-18(21)23-14-16-11-6-7-12-17(16)20-19(22)24-13-15-9-4-3-5-10-15/h3-7,9-10,16-17H,2,8,11-14H2,1H3,(H,20,22)/t16-,17-/m1/s1. The van der Waals surface area contributed by atoms with E-state index in [1.54, 1.807) is 0 Å². The predicted molar refractivity (Wildman–Crippen MR) is 91.3 cm³/mol. The molecular formula is C19H25NO4. The zero-order valence-corrected chi connectivity index (χ0v) is 14.1. The van der Waals surface area contributed by atoms with Gasteiger partial charge < -0.3 is 14.8 Å². The van der Waals surface area contributed by atoms with Crippen LogP contribution in [0.25, 0.3) is 0 Å². The third-order valence-electron chi connectivity index (χ3n) is 3.99. The summed E-state index contributed by atoms with van der Waals surface area (Å²) in [4.78, 5) is 23.5. The van der Waals surface area contributed by atoms with Crippen molar-refractivity contribution in [2.45, 2.75) is 45.3 Å². The topological polar surface area (TPSA) is 64.6 Å². The van der Waals surface area contributed by atoms with Gasteiger partial charge in [0, 0.05) is 18.4 Å². The number of ether oxygens (including phenoxy) is 2. The Bertz CT molecular complexity index is 556. The minimum atomic E-state index is -0.441. The monoisotopic (exact) mass is 331 g/mol. The number of carbonyl (C=O) groups excluding carboxylic acids is 2. The Morgan fingerprint density at radius 1 is 1.12 bits per heavy atom. The Morgan fingerprint density at radius 2 is 1.88 bits per heavy atom. The Hall–Kier alpha value is -2.30. The highest BCUT2D eigenvalue weighted by Gasteiger charge is 2.25. The fourth-order valence-electron chi connectivity index (χ4n) is 2.62. The lowest BCUT2D eigenvalue weighted by atomic mass is 9.90. The first kappa shape index (κ1) is 18.0. The zero-order chi connectivity index (χ0) is 17.2. The number of esters is 1. The minimum Gasteiger partial charge on any atom is -0.465 e. The van der Waals surface area contributed by atoms with Crippen LogP contribution in [0, 0.1) is 5.92 Å². The molecule has 2 atom stereocenters. The van der Waals surface area contributed by atoms with Gasteiger partial charge in [-0.1, -0.05) is 49.4 Å². The second-order valence-electron chi connectivity index (χ2n) is 5.95. The van der Waals surface area contributed by atoms with Gasteiger partial charge in [0.25, 0.3) is 0 Å². The average Bonchev–Trinajstić information content (AvgIpc) is 2.60. The Labute approximate surface area is 143 Å². The number of rotatable bonds is 7. The first-order valence-corrected chi connectivity index (χ1v) is 8.47. The smallest absolute Gasteiger partial charge is 0.407 e. The van der Waals surface area contributed by atoms with E-state index in [1.165, 1.54) is 0 Å². The van der Waals surface area contributed by atoms with Crippen LogP contribution in [-0.4, -0.2) is 24.7 Å². The van der Waals surface area contributed by atoms with Crippen LogP contribution in [0.1, 0.15) is 38.2 Å². The molecule has 130 valence electrons. The Kier molecular flexibility index (Phi) is 7.33. The van der Waals surface area contributed by atoms with Crippen molar-refractivity contribution in [1.82, 2.24) is 5.32 Å². The van der Waals surface area contributed by atoms with Gasteiger partial charge in [-0.15, -0.1) is 0 Å². The van der Waals surface area contributed by atoms with Gasteiger partial charge in [-0.2, -0.15) is 0 Å². The number of hydrogen-bond donors (Lipinski definition) is 1. The maximum atomic E-state index is 12.0. The SMILES string of the molecule is CCCC(=O)OC[C@H]1CC=CC[C@H]1NC(=O)OCc1ccccc1. The quantitative estimate of drug-likeness (QED) is 0.612. The van der Waals surface area contributed by atoms with Crippen molar-refractivity contribution in [1.29, 1.82) is 0 Å². The van der Waals surface area contributed by atoms with Crippen molar-refractivity contribution in [3.05, 3.63) is 48.0 Å². The van der Waals surface area contributed by atoms with Crippen LogP contribution in [-0.2, 0) is 20.9 Å². The molecule has 24 heavy (non-hydrogen) atoms. The molecule has 0 heterocycles. The summed E-state index contributed by atoms with van der Waals surface area (Å²) in [5, 5.41) is 2.89. The minimum absolute atomic E-state index is 0.0762. The van der Waals surface area contributed by atoms with Crippen molar-refractivity contribution in [3.63, 3.8) is 0 Å². The predicted octanol–water partition coefficient (Wildman–Crippen LogP) is 3.59. The molecule has 1 aliphatic carbocycles. The number of alkyl carbamates (subject to hydrolysis) is 1. The fraction of sp³-hybridized carbons (Fsp3) is 0.474. The van der Waals surface area contributed by atoms with Gasteiger partial charge in [-0.05, 0) is 24.8 Å². The Morgan fingerprint density at radius 3 is 2.62 bits per heavy atom. The summed E-state index contributed by atoms with van der Waals surface area (Å²) in [5.41, 5.74) is 0.946. The molecule has 1 aromatic rings. The lowest BCUT2D eigenvalue weighted by Crippen LogP contribution is -2.43. The van der Waals surface area contributed by atoms with Crippen LogP contribution < -0.4 is 5.32 Å². The molecule has 2 rings (SSSR count). The van der Waals surface area contributed by atoms with E-state index >= 15 is 0 Å². The molecule has 0 saturated heterocycles. The maximum Gasteiger partial charge on any atom is 0.407 e. The molecule has 0 aliphatic heterocycles. The van der Waals surface area contributed by atoms with E-state index in [4.69, 9.17) is 9.47 Å². The number of amides is 1. The first-order chi connectivity index (χ1) is 11.7. The van der Waals surface area contributed by atoms with Crippen molar-refractivity contribution in [3.8, 4) is 0 Å². The summed E-state index contributed by atoms with van der Waals surface area (Å²) in [6.45, 7) is 2.51. The highest BCUT2D eigenvalue weighted by Crippen LogP contribution is 2.20. The number of nitrogens with one attached hydrogen (secondary N) is 1. The van der Waals surface area contributed by atoms with Gasteiger partial charge in [0.1, 0.15) is 6.61 Å². The second-order valence-corrected chi connectivity index (χ2v) is 5.95. The van der Waals surface area contributed by atoms with Crippen LogP contribution in [0.5, 0.6) is 0 Å². The third kappa shape index (κ3) is 6.07. The van der Waals surface area contributed by atoms with Crippen molar-refractivity contribution >= 4 is 12.1 Å². The first-order valence-electron chi connectivity index (χ1n) is 8.47. The number of benzene rings is 1. The van der Waals surface area contributed by atoms with Gasteiger partial charge in [0.15, 0.2) is 0 Å². The number of hydrogen-bond acceptors (Lipinski definition) is 4. The molecule has 5 heteroatoms. The molecule has 0 fully saturated rings. The van der Waals surface area contributed by atoms with Gasteiger partial charge >= 0.3 is 12.1 Å². The van der Waals surface area contributed by atoms with Gasteiger partial charge in [0.2, 0.25) is 0 Å². The average molecular weight is 331 g/mol. The van der Waals surface area contributed by atoms with E-state index in [0.29, 0.717) is 13.0 Å². The summed E-state index contributed by atoms with van der Waals surface area (Å²) in [6.07, 6.45) is 6.36. The second kappa shape index (κ2) is 9.75. The van der Waals surface area contributed by atoms with Gasteiger partial charge in [-0.3, -0.25) is 4.79 Å². The highest BCUT2D eigenvalue weighted by molar-refractivity contribution is 5.69. The molecule has 0 radical (unpaired) electrons. The van der Waals surface area contributed by atoms with E-state index in [9.17, 15) is 9.59 Å². The normalized spacial score (nSPS) is 19.5. The molecule has 0 unspecified atom stereocenters. The van der Waals surface area contributed by atoms with Crippen LogP contribution in [0.4, 0.5) is 4.79 Å². The molecule has 0 spiro atoms. The molecule has 1 aliphatic rings. The van der Waals surface area contributed by atoms with Gasteiger partial charge in [-0.25, -0.2) is 4.79 Å². The molecule has 1 N–H and O–H groups in total. The lowest BCUT2D eigenvalue weighted by Gasteiger charge is -2.28. The largest absolute Gasteiger partial charge is 0.465 e. The maximum absolute atomic E-state index is 12.0. The molecule has 0 saturated carbocycles. The summed E-state index contributed by atoms with van der Waals surface area (Å²) in [6, 6.07) is 9.47. The molecule has 0 aromatic heterocycles. The van der Waals surface area contributed by atoms with E-state index in [-0.39, 0.29) is 24.5 Å². The van der Waals surface area contributed by atoms with E-state index < -0.39 is 6.09 Å². The highest BCUT2D eigenvalue weighted by atomic mass is 16.5. The molecular weight excluding hydrogens is 306 g/mol. The van der Waals surface area contributed by atoms with Crippen molar-refractivity contribution < 1.29 is 19.1 Å². The van der Waals surface area contributed by atoms with Crippen molar-refractivity contribution in [2.75, 3.05) is 6.61 Å². The summed E-state index contributed by atoms with van der Waals surface area (Å²) >= 11 is 0. The summed E-state index contributed by atoms with van der Waals surface area (Å²) in [7, 11) is 0. The van der Waals surface area contributed by atoms with Crippen LogP contribution in [0.2, 0.25) is 0 Å². The fourth-order valence-corrected chi connectivity index (χ4v) is 2.62. The third-order valence-corrected chi connectivity index (χ3v) is 3.99. The lowest BCUT2D eigenvalue weighted by molar-refractivity contribution is -0.145. The molecule has 0 bridgehead atoms. The van der Waals surface area contributed by atoms with Crippen LogP contribution in [0.3, 0.4) is 0 Å². The Balaban J connectivity index is 1.78. The zero-order valence-electron chi connectivity index (χ0n) is 14.1.